The molecule has 0 radical (unpaired) electrons. The van der Waals surface area contributed by atoms with Crippen LogP contribution >= 0.6 is 0 Å². The van der Waals surface area contributed by atoms with Crippen molar-refractivity contribution >= 4 is 0 Å². The fraction of sp³-hybridized carbons (Fsp3) is 0.542. The van der Waals surface area contributed by atoms with E-state index in [2.05, 4.69) is 28.1 Å². The number of ether oxygens (including phenoxy) is 3. The van der Waals surface area contributed by atoms with Gasteiger partial charge in [0.2, 0.25) is 0 Å². The normalized spacial score (nSPS) is 17.3. The highest BCUT2D eigenvalue weighted by Crippen LogP contribution is 2.36. The van der Waals surface area contributed by atoms with Gasteiger partial charge in [0.25, 0.3) is 0 Å². The van der Waals surface area contributed by atoms with Crippen LogP contribution < -0.4 is 15.5 Å². The van der Waals surface area contributed by atoms with Crippen LogP contribution in [0.2, 0.25) is 0 Å². The number of aryl methyl sites for hydroxylation is 1. The number of methoxy groups -OCH3 is 2. The van der Waals surface area contributed by atoms with Crippen molar-refractivity contribution in [3.05, 3.63) is 51.2 Å². The Bertz CT molecular complexity index is 947. The minimum atomic E-state index is -0.175. The first kappa shape index (κ1) is 21.1. The van der Waals surface area contributed by atoms with Gasteiger partial charge in [-0.15, -0.1) is 0 Å². The second-order valence-corrected chi connectivity index (χ2v) is 8.29. The number of benzene rings is 1. The van der Waals surface area contributed by atoms with Crippen LogP contribution in [0.3, 0.4) is 0 Å². The zero-order chi connectivity index (χ0) is 21.1. The number of nitrogens with zero attached hydrogens (tertiary/aromatic N) is 1. The van der Waals surface area contributed by atoms with E-state index in [1.807, 2.05) is 6.92 Å². The highest BCUT2D eigenvalue weighted by molar-refractivity contribution is 5.70. The highest BCUT2D eigenvalue weighted by Gasteiger charge is 2.24. The summed E-state index contributed by atoms with van der Waals surface area (Å²) in [7, 11) is 3.28. The van der Waals surface area contributed by atoms with Crippen molar-refractivity contribution in [3.8, 4) is 17.1 Å². The van der Waals surface area contributed by atoms with E-state index < -0.39 is 0 Å². The first-order chi connectivity index (χ1) is 14.6. The summed E-state index contributed by atoms with van der Waals surface area (Å²) in [5.74, 6) is 1.23. The zero-order valence-electron chi connectivity index (χ0n) is 18.2. The van der Waals surface area contributed by atoms with E-state index in [-0.39, 0.29) is 11.5 Å². The molecule has 0 saturated carbocycles. The lowest BCUT2D eigenvalue weighted by Gasteiger charge is -2.29. The lowest BCUT2D eigenvalue weighted by Crippen LogP contribution is -2.28. The molecule has 0 bridgehead atoms. The standard InChI is InChI=1S/C24H32N2O4/c1-16-22(27)13-23(30-15-20(29-3)14-28-2)26-11-8-19-12-18(4-5-21(19)24(16)26)17-6-9-25-10-7-17/h4-5,12-13,17,20,25H,6-11,14-15H2,1-3H3/t20-/m0/s1. The maximum Gasteiger partial charge on any atom is 0.197 e. The Labute approximate surface area is 178 Å². The SMILES string of the molecule is COC[C@@H](COc1cc(=O)c(C)c2n1CCc1cc(C3CCNCC3)ccc1-2)OC. The van der Waals surface area contributed by atoms with Crippen LogP contribution in [-0.4, -0.2) is 51.2 Å². The van der Waals surface area contributed by atoms with E-state index in [0.717, 1.165) is 42.9 Å². The smallest absolute Gasteiger partial charge is 0.197 e. The van der Waals surface area contributed by atoms with Crippen molar-refractivity contribution in [2.24, 2.45) is 0 Å². The molecular weight excluding hydrogens is 380 g/mol. The first-order valence-electron chi connectivity index (χ1n) is 10.8. The lowest BCUT2D eigenvalue weighted by atomic mass is 9.86. The second kappa shape index (κ2) is 9.33. The summed E-state index contributed by atoms with van der Waals surface area (Å²) in [6, 6.07) is 8.43. The van der Waals surface area contributed by atoms with Crippen molar-refractivity contribution in [2.75, 3.05) is 40.5 Å². The molecule has 0 unspecified atom stereocenters. The van der Waals surface area contributed by atoms with Gasteiger partial charge in [0, 0.05) is 38.0 Å². The van der Waals surface area contributed by atoms with E-state index >= 15 is 0 Å². The fourth-order valence-corrected chi connectivity index (χ4v) is 4.66. The Morgan fingerprint density at radius 2 is 1.97 bits per heavy atom. The van der Waals surface area contributed by atoms with Crippen molar-refractivity contribution in [1.82, 2.24) is 9.88 Å². The number of piperidine rings is 1. The molecular formula is C24H32N2O4. The minimum Gasteiger partial charge on any atom is -0.476 e. The molecule has 0 amide bonds. The van der Waals surface area contributed by atoms with Crippen molar-refractivity contribution in [2.45, 2.75) is 44.8 Å². The van der Waals surface area contributed by atoms with Crippen LogP contribution in [0.4, 0.5) is 0 Å². The summed E-state index contributed by atoms with van der Waals surface area (Å²) in [5.41, 5.74) is 5.68. The van der Waals surface area contributed by atoms with Gasteiger partial charge >= 0.3 is 0 Å². The van der Waals surface area contributed by atoms with E-state index in [4.69, 9.17) is 14.2 Å². The molecule has 1 atom stereocenters. The van der Waals surface area contributed by atoms with Gasteiger partial charge in [0.05, 0.1) is 12.3 Å². The van der Waals surface area contributed by atoms with Gasteiger partial charge in [-0.25, -0.2) is 0 Å². The molecule has 6 heteroatoms. The minimum absolute atomic E-state index is 0.00670. The molecule has 0 aliphatic carbocycles. The summed E-state index contributed by atoms with van der Waals surface area (Å²) in [4.78, 5) is 12.7. The third kappa shape index (κ3) is 4.17. The number of hydrogen-bond donors (Lipinski definition) is 1. The Hall–Kier alpha value is -2.15. The number of aromatic nitrogens is 1. The van der Waals surface area contributed by atoms with Crippen LogP contribution in [0, 0.1) is 6.92 Å². The molecule has 1 aromatic carbocycles. The summed E-state index contributed by atoms with van der Waals surface area (Å²) in [5, 5.41) is 3.44. The van der Waals surface area contributed by atoms with Crippen molar-refractivity contribution in [1.29, 1.82) is 0 Å². The Kier molecular flexibility index (Phi) is 6.56. The molecule has 4 rings (SSSR count). The predicted octanol–water partition coefficient (Wildman–Crippen LogP) is 2.89. The topological polar surface area (TPSA) is 61.7 Å². The van der Waals surface area contributed by atoms with E-state index in [0.29, 0.717) is 25.0 Å². The van der Waals surface area contributed by atoms with E-state index in [9.17, 15) is 4.79 Å². The average molecular weight is 413 g/mol. The number of pyridine rings is 1. The molecule has 6 nitrogen and oxygen atoms in total. The van der Waals surface area contributed by atoms with Crippen LogP contribution in [0.5, 0.6) is 5.88 Å². The molecule has 1 aromatic heterocycles. The molecule has 162 valence electrons. The highest BCUT2D eigenvalue weighted by atomic mass is 16.6. The largest absolute Gasteiger partial charge is 0.476 e. The third-order valence-electron chi connectivity index (χ3n) is 6.42. The number of rotatable bonds is 7. The molecule has 1 fully saturated rings. The second-order valence-electron chi connectivity index (χ2n) is 8.29. The van der Waals surface area contributed by atoms with Crippen LogP contribution in [0.1, 0.15) is 35.4 Å². The quantitative estimate of drug-likeness (QED) is 0.758. The molecule has 1 saturated heterocycles. The first-order valence-corrected chi connectivity index (χ1v) is 10.8. The van der Waals surface area contributed by atoms with Gasteiger partial charge in [0.1, 0.15) is 12.7 Å². The van der Waals surface area contributed by atoms with Gasteiger partial charge in [-0.2, -0.15) is 0 Å². The van der Waals surface area contributed by atoms with Crippen LogP contribution in [0.15, 0.2) is 29.1 Å². The molecule has 0 spiro atoms. The number of fused-ring (bicyclic) bond motifs is 3. The Morgan fingerprint density at radius 1 is 1.17 bits per heavy atom. The summed E-state index contributed by atoms with van der Waals surface area (Å²) in [6.45, 7) is 5.68. The van der Waals surface area contributed by atoms with Gasteiger partial charge in [-0.05, 0) is 56.3 Å². The van der Waals surface area contributed by atoms with Gasteiger partial charge in [0.15, 0.2) is 11.3 Å². The molecule has 2 aliphatic heterocycles. The third-order valence-corrected chi connectivity index (χ3v) is 6.42. The van der Waals surface area contributed by atoms with E-state index in [1.165, 1.54) is 24.0 Å². The number of hydrogen-bond acceptors (Lipinski definition) is 5. The Morgan fingerprint density at radius 3 is 2.70 bits per heavy atom. The molecule has 30 heavy (non-hydrogen) atoms. The lowest BCUT2D eigenvalue weighted by molar-refractivity contribution is -0.000948. The average Bonchev–Trinajstić information content (AvgIpc) is 2.79. The Balaban J connectivity index is 1.66. The molecule has 2 aromatic rings. The van der Waals surface area contributed by atoms with Gasteiger partial charge in [-0.1, -0.05) is 18.2 Å². The maximum absolute atomic E-state index is 12.7. The van der Waals surface area contributed by atoms with Crippen molar-refractivity contribution < 1.29 is 14.2 Å². The van der Waals surface area contributed by atoms with Crippen LogP contribution in [-0.2, 0) is 22.4 Å². The fourth-order valence-electron chi connectivity index (χ4n) is 4.66. The molecule has 1 N–H and O–H groups in total. The summed E-state index contributed by atoms with van der Waals surface area (Å²) < 4.78 is 18.7. The maximum atomic E-state index is 12.7. The summed E-state index contributed by atoms with van der Waals surface area (Å²) >= 11 is 0. The van der Waals surface area contributed by atoms with Crippen molar-refractivity contribution in [3.63, 3.8) is 0 Å². The van der Waals surface area contributed by atoms with E-state index in [1.54, 1.807) is 20.3 Å². The predicted molar refractivity (Wildman–Crippen MR) is 118 cm³/mol. The summed E-state index contributed by atoms with van der Waals surface area (Å²) in [6.07, 6.45) is 3.14. The number of nitrogens with one attached hydrogen (secondary N) is 1. The monoisotopic (exact) mass is 412 g/mol. The molecule has 2 aliphatic rings. The molecule has 3 heterocycles. The van der Waals surface area contributed by atoms with Gasteiger partial charge < -0.3 is 24.1 Å². The van der Waals surface area contributed by atoms with Gasteiger partial charge in [-0.3, -0.25) is 4.79 Å². The van der Waals surface area contributed by atoms with Crippen LogP contribution in [0.25, 0.3) is 11.3 Å². The zero-order valence-corrected chi connectivity index (χ0v) is 18.2.